The molecule has 2 heterocycles. The lowest BCUT2D eigenvalue weighted by molar-refractivity contribution is 0.0769. The van der Waals surface area contributed by atoms with E-state index >= 15 is 0 Å². The largest absolute Gasteiger partial charge is 0.504 e. The molecular weight excluding hydrogens is 266 g/mol. The van der Waals surface area contributed by atoms with Crippen molar-refractivity contribution >= 4 is 0 Å². The van der Waals surface area contributed by atoms with Gasteiger partial charge in [0.2, 0.25) is 0 Å². The van der Waals surface area contributed by atoms with E-state index in [1.807, 2.05) is 24.3 Å². The lowest BCUT2D eigenvalue weighted by Crippen LogP contribution is -2.51. The van der Waals surface area contributed by atoms with Crippen molar-refractivity contribution in [1.29, 1.82) is 0 Å². The summed E-state index contributed by atoms with van der Waals surface area (Å²) in [6.45, 7) is 1.86. The minimum absolute atomic E-state index is 0.191. The number of aliphatic hydroxyl groups is 1. The smallest absolute Gasteiger partial charge is 0.160 e. The average Bonchev–Trinajstić information content (AvgIpc) is 2.85. The molecule has 1 spiro atoms. The first kappa shape index (κ1) is 12.9. The third kappa shape index (κ3) is 1.63. The molecular formula is C17H19NO3. The van der Waals surface area contributed by atoms with Gasteiger partial charge in [0.25, 0.3) is 0 Å². The number of benzene rings is 1. The van der Waals surface area contributed by atoms with E-state index < -0.39 is 6.10 Å². The summed E-state index contributed by atoms with van der Waals surface area (Å²) in [5, 5.41) is 20.2. The van der Waals surface area contributed by atoms with Gasteiger partial charge in [-0.25, -0.2) is 0 Å². The van der Waals surface area contributed by atoms with Gasteiger partial charge in [-0.15, -0.1) is 0 Å². The third-order valence-electron chi connectivity index (χ3n) is 5.05. The molecule has 0 amide bonds. The molecule has 2 unspecified atom stereocenters. The fourth-order valence-electron chi connectivity index (χ4n) is 4.09. The van der Waals surface area contributed by atoms with Crippen molar-refractivity contribution in [3.8, 4) is 11.5 Å². The maximum atomic E-state index is 10.2. The normalized spacial score (nSPS) is 30.4. The van der Waals surface area contributed by atoms with Crippen molar-refractivity contribution in [3.63, 3.8) is 0 Å². The second-order valence-electron chi connectivity index (χ2n) is 6.03. The van der Waals surface area contributed by atoms with Gasteiger partial charge in [-0.3, -0.25) is 4.90 Å². The summed E-state index contributed by atoms with van der Waals surface area (Å²) in [5.74, 6) is 0.691. The Morgan fingerprint density at radius 3 is 3.05 bits per heavy atom. The quantitative estimate of drug-likeness (QED) is 0.825. The Morgan fingerprint density at radius 2 is 2.24 bits per heavy atom. The zero-order valence-corrected chi connectivity index (χ0v) is 12.0. The Balaban J connectivity index is 1.95. The van der Waals surface area contributed by atoms with Crippen LogP contribution in [0, 0.1) is 0 Å². The van der Waals surface area contributed by atoms with Crippen LogP contribution < -0.4 is 4.74 Å². The number of fused-ring (bicyclic) bond motifs is 1. The van der Waals surface area contributed by atoms with Gasteiger partial charge in [-0.2, -0.15) is 0 Å². The average molecular weight is 285 g/mol. The van der Waals surface area contributed by atoms with Crippen molar-refractivity contribution in [1.82, 2.24) is 4.90 Å². The Hall–Kier alpha value is -1.78. The molecule has 4 rings (SSSR count). The molecule has 0 radical (unpaired) electrons. The van der Waals surface area contributed by atoms with Gasteiger partial charge in [-0.1, -0.05) is 18.2 Å². The van der Waals surface area contributed by atoms with E-state index in [1.165, 1.54) is 5.57 Å². The molecule has 1 aromatic rings. The van der Waals surface area contributed by atoms with Gasteiger partial charge in [0.05, 0.1) is 18.8 Å². The monoisotopic (exact) mass is 285 g/mol. The lowest BCUT2D eigenvalue weighted by Gasteiger charge is -2.47. The molecule has 21 heavy (non-hydrogen) atoms. The van der Waals surface area contributed by atoms with Crippen LogP contribution in [0.15, 0.2) is 35.9 Å². The molecule has 0 fully saturated rings. The van der Waals surface area contributed by atoms with Crippen LogP contribution in [0.5, 0.6) is 11.5 Å². The minimum atomic E-state index is -0.437. The molecule has 1 aliphatic carbocycles. The van der Waals surface area contributed by atoms with Gasteiger partial charge in [-0.05, 0) is 35.3 Å². The summed E-state index contributed by atoms with van der Waals surface area (Å²) in [5.41, 5.74) is 3.31. The zero-order valence-electron chi connectivity index (χ0n) is 12.0. The topological polar surface area (TPSA) is 52.9 Å². The highest BCUT2D eigenvalue weighted by Gasteiger charge is 2.49. The fourth-order valence-corrected chi connectivity index (χ4v) is 4.09. The highest BCUT2D eigenvalue weighted by molar-refractivity contribution is 5.57. The first-order chi connectivity index (χ1) is 10.1. The van der Waals surface area contributed by atoms with Gasteiger partial charge in [0.15, 0.2) is 11.5 Å². The number of hydrogen-bond donors (Lipinski definition) is 2. The van der Waals surface area contributed by atoms with Crippen LogP contribution in [-0.2, 0) is 12.0 Å². The van der Waals surface area contributed by atoms with Crippen molar-refractivity contribution in [2.24, 2.45) is 0 Å². The molecule has 0 saturated carbocycles. The molecule has 0 saturated heterocycles. The highest BCUT2D eigenvalue weighted by atomic mass is 16.5. The molecule has 3 aliphatic rings. The summed E-state index contributed by atoms with van der Waals surface area (Å²) in [6, 6.07) is 3.77. The zero-order chi connectivity index (χ0) is 14.6. The Kier molecular flexibility index (Phi) is 2.68. The maximum absolute atomic E-state index is 10.2. The van der Waals surface area contributed by atoms with Crippen LogP contribution in [0.3, 0.4) is 0 Å². The van der Waals surface area contributed by atoms with E-state index in [9.17, 15) is 10.2 Å². The number of methoxy groups -OCH3 is 1. The van der Waals surface area contributed by atoms with Crippen LogP contribution >= 0.6 is 0 Å². The van der Waals surface area contributed by atoms with Crippen LogP contribution in [0.25, 0.3) is 0 Å². The SMILES string of the molecule is COc1cc2c(cc1O)CCN1CC=C3C=CC(O)CC321. The van der Waals surface area contributed by atoms with Crippen LogP contribution in [0.4, 0.5) is 0 Å². The van der Waals surface area contributed by atoms with Crippen LogP contribution in [-0.4, -0.2) is 41.4 Å². The van der Waals surface area contributed by atoms with E-state index in [1.54, 1.807) is 7.11 Å². The number of rotatable bonds is 1. The van der Waals surface area contributed by atoms with E-state index in [0.29, 0.717) is 12.2 Å². The molecule has 110 valence electrons. The van der Waals surface area contributed by atoms with Gasteiger partial charge < -0.3 is 14.9 Å². The van der Waals surface area contributed by atoms with Gasteiger partial charge in [0, 0.05) is 19.5 Å². The van der Waals surface area contributed by atoms with E-state index in [2.05, 4.69) is 11.0 Å². The van der Waals surface area contributed by atoms with E-state index in [-0.39, 0.29) is 11.3 Å². The first-order valence-electron chi connectivity index (χ1n) is 7.37. The van der Waals surface area contributed by atoms with Gasteiger partial charge in [0.1, 0.15) is 0 Å². The third-order valence-corrected chi connectivity index (χ3v) is 5.05. The highest BCUT2D eigenvalue weighted by Crippen LogP contribution is 2.51. The Labute approximate surface area is 124 Å². The summed E-state index contributed by atoms with van der Waals surface area (Å²) in [6.07, 6.45) is 7.30. The number of aliphatic hydroxyl groups excluding tert-OH is 1. The summed E-state index contributed by atoms with van der Waals surface area (Å²) < 4.78 is 5.29. The predicted octanol–water partition coefficient (Wildman–Crippen LogP) is 1.71. The number of hydrogen-bond acceptors (Lipinski definition) is 4. The predicted molar refractivity (Wildman–Crippen MR) is 79.5 cm³/mol. The van der Waals surface area contributed by atoms with Gasteiger partial charge >= 0.3 is 0 Å². The number of nitrogens with zero attached hydrogens (tertiary/aromatic N) is 1. The standard InChI is InChI=1S/C17H19NO3/c1-21-16-9-14-11(8-15(16)20)4-6-18-7-5-12-2-3-13(19)10-17(12,14)18/h2-3,5,8-9,13,19-20H,4,6-7,10H2,1H3. The molecule has 0 aromatic heterocycles. The van der Waals surface area contributed by atoms with E-state index in [4.69, 9.17) is 4.74 Å². The lowest BCUT2D eigenvalue weighted by atomic mass is 9.71. The second-order valence-corrected chi connectivity index (χ2v) is 6.03. The van der Waals surface area contributed by atoms with Crippen molar-refractivity contribution in [3.05, 3.63) is 47.1 Å². The van der Waals surface area contributed by atoms with Crippen LogP contribution in [0.2, 0.25) is 0 Å². The molecule has 4 heteroatoms. The molecule has 1 aromatic carbocycles. The number of aromatic hydroxyl groups is 1. The minimum Gasteiger partial charge on any atom is -0.504 e. The fraction of sp³-hybridized carbons (Fsp3) is 0.412. The number of phenols is 1. The number of ether oxygens (including phenoxy) is 1. The Morgan fingerprint density at radius 1 is 1.38 bits per heavy atom. The summed E-state index contributed by atoms with van der Waals surface area (Å²) in [7, 11) is 1.57. The molecule has 2 atom stereocenters. The van der Waals surface area contributed by atoms with Crippen molar-refractivity contribution in [2.45, 2.75) is 24.5 Å². The molecule has 4 nitrogen and oxygen atoms in total. The summed E-state index contributed by atoms with van der Waals surface area (Å²) in [4.78, 5) is 2.42. The van der Waals surface area contributed by atoms with Crippen LogP contribution in [0.1, 0.15) is 17.5 Å². The maximum Gasteiger partial charge on any atom is 0.160 e. The number of phenolic OH excluding ortho intramolecular Hbond substituents is 1. The Bertz CT molecular complexity index is 664. The van der Waals surface area contributed by atoms with E-state index in [0.717, 1.165) is 30.6 Å². The first-order valence-corrected chi connectivity index (χ1v) is 7.37. The molecule has 0 bridgehead atoms. The summed E-state index contributed by atoms with van der Waals surface area (Å²) >= 11 is 0. The van der Waals surface area contributed by atoms with Crippen molar-refractivity contribution < 1.29 is 14.9 Å². The van der Waals surface area contributed by atoms with Crippen molar-refractivity contribution in [2.75, 3.05) is 20.2 Å². The molecule has 2 aliphatic heterocycles. The molecule has 2 N–H and O–H groups in total. The second kappa shape index (κ2) is 4.36.